The summed E-state index contributed by atoms with van der Waals surface area (Å²) in [6, 6.07) is 0. The Hall–Kier alpha value is -0.923. The number of alkyl halides is 1. The zero-order chi connectivity index (χ0) is 17.6. The summed E-state index contributed by atoms with van der Waals surface area (Å²) in [5.41, 5.74) is -2.32. The van der Waals surface area contributed by atoms with Crippen molar-refractivity contribution in [2.24, 2.45) is 0 Å². The molecule has 3 rings (SSSR count). The van der Waals surface area contributed by atoms with E-state index in [1.165, 1.54) is 7.11 Å². The number of carbonyl (C=O) groups is 1. The van der Waals surface area contributed by atoms with Crippen molar-refractivity contribution in [3.8, 4) is 0 Å². The fourth-order valence-corrected chi connectivity index (χ4v) is 4.73. The molecule has 1 saturated carbocycles. The molecular weight excluding hydrogens is 331 g/mol. The Labute approximate surface area is 143 Å². The molecule has 0 aromatic rings. The van der Waals surface area contributed by atoms with Crippen molar-refractivity contribution in [1.29, 1.82) is 0 Å². The number of esters is 1. The van der Waals surface area contributed by atoms with Crippen molar-refractivity contribution >= 4 is 14.3 Å². The number of halogens is 1. The van der Waals surface area contributed by atoms with Crippen LogP contribution in [0.1, 0.15) is 38.5 Å². The summed E-state index contributed by atoms with van der Waals surface area (Å²) in [5.74, 6) is -1.19. The third-order valence-electron chi connectivity index (χ3n) is 4.86. The van der Waals surface area contributed by atoms with Gasteiger partial charge in [-0.2, -0.15) is 0 Å². The van der Waals surface area contributed by atoms with Crippen molar-refractivity contribution in [3.63, 3.8) is 0 Å². The second kappa shape index (κ2) is 6.11. The van der Waals surface area contributed by atoms with Gasteiger partial charge in [-0.3, -0.25) is 0 Å². The molecule has 1 aliphatic heterocycles. The first-order valence-electron chi connectivity index (χ1n) is 8.71. The molecule has 2 fully saturated rings. The number of fused-ring (bicyclic) bond motifs is 1. The van der Waals surface area contributed by atoms with Gasteiger partial charge in [0.2, 0.25) is 14.1 Å². The molecule has 24 heavy (non-hydrogen) atoms. The third-order valence-corrected chi connectivity index (χ3v) is 5.74. The molecule has 0 amide bonds. The van der Waals surface area contributed by atoms with Crippen LogP contribution in [0.3, 0.4) is 0 Å². The molecule has 0 radical (unpaired) electrons. The van der Waals surface area contributed by atoms with Crippen molar-refractivity contribution in [2.45, 2.75) is 81.8 Å². The molecule has 1 spiro atoms. The molecule has 3 atom stereocenters. The van der Waals surface area contributed by atoms with Gasteiger partial charge in [-0.05, 0) is 38.6 Å². The summed E-state index contributed by atoms with van der Waals surface area (Å²) < 4.78 is 38.4. The molecule has 3 aliphatic rings. The first kappa shape index (κ1) is 17.9. The Balaban J connectivity index is 1.90. The van der Waals surface area contributed by atoms with Gasteiger partial charge in [0, 0.05) is 26.4 Å². The number of methoxy groups -OCH3 is 1. The van der Waals surface area contributed by atoms with Gasteiger partial charge in [-0.1, -0.05) is 6.42 Å². The molecule has 136 valence electrons. The first-order valence-corrected chi connectivity index (χ1v) is 12.1. The number of rotatable bonds is 3. The van der Waals surface area contributed by atoms with Crippen LogP contribution in [-0.4, -0.2) is 45.1 Å². The van der Waals surface area contributed by atoms with Gasteiger partial charge in [-0.25, -0.2) is 9.18 Å². The van der Waals surface area contributed by atoms with Gasteiger partial charge in [0.15, 0.2) is 0 Å². The van der Waals surface area contributed by atoms with E-state index in [1.807, 2.05) is 0 Å². The molecule has 1 heterocycles. The van der Waals surface area contributed by atoms with Crippen molar-refractivity contribution in [1.82, 2.24) is 0 Å². The largest absolute Gasteiger partial charge is 0.547 e. The van der Waals surface area contributed by atoms with E-state index >= 15 is 4.39 Å². The van der Waals surface area contributed by atoms with Crippen LogP contribution in [0.15, 0.2) is 11.8 Å². The van der Waals surface area contributed by atoms with Crippen LogP contribution in [-0.2, 0) is 23.4 Å². The second-order valence-corrected chi connectivity index (χ2v) is 12.4. The third kappa shape index (κ3) is 3.13. The maximum absolute atomic E-state index is 15.6. The maximum Gasteiger partial charge on any atom is 0.352 e. The maximum atomic E-state index is 15.6. The molecule has 1 saturated heterocycles. The number of hydrogen-bond acceptors (Lipinski definition) is 5. The molecule has 0 bridgehead atoms. The van der Waals surface area contributed by atoms with Crippen LogP contribution in [0.4, 0.5) is 4.39 Å². The lowest BCUT2D eigenvalue weighted by Gasteiger charge is -2.50. The van der Waals surface area contributed by atoms with Gasteiger partial charge >= 0.3 is 5.97 Å². The highest BCUT2D eigenvalue weighted by molar-refractivity contribution is 6.70. The van der Waals surface area contributed by atoms with Crippen LogP contribution < -0.4 is 0 Å². The molecular formula is C17H27FO5Si. The monoisotopic (exact) mass is 358 g/mol. The normalized spacial score (nSPS) is 35.9. The predicted octanol–water partition coefficient (Wildman–Crippen LogP) is 3.45. The lowest BCUT2D eigenvalue weighted by atomic mass is 9.81. The molecule has 0 unspecified atom stereocenters. The second-order valence-electron chi connectivity index (χ2n) is 7.94. The average Bonchev–Trinajstić information content (AvgIpc) is 2.48. The van der Waals surface area contributed by atoms with Crippen LogP contribution in [0.25, 0.3) is 0 Å². The van der Waals surface area contributed by atoms with E-state index in [0.717, 1.165) is 19.3 Å². The SMILES string of the molecule is CO[C@H]1C=C(O[Si](C)(C)C)C[C@H]2OC3(CCCCC3)OC(=O)[C@@]12F. The van der Waals surface area contributed by atoms with E-state index in [-0.39, 0.29) is 6.42 Å². The van der Waals surface area contributed by atoms with Crippen LogP contribution in [0.2, 0.25) is 19.6 Å². The Morgan fingerprint density at radius 1 is 1.25 bits per heavy atom. The van der Waals surface area contributed by atoms with Crippen molar-refractivity contribution in [2.75, 3.05) is 7.11 Å². The van der Waals surface area contributed by atoms with E-state index in [1.54, 1.807) is 6.08 Å². The molecule has 2 aliphatic carbocycles. The van der Waals surface area contributed by atoms with Gasteiger partial charge < -0.3 is 18.6 Å². The Morgan fingerprint density at radius 2 is 1.92 bits per heavy atom. The number of hydrogen-bond donors (Lipinski definition) is 0. The van der Waals surface area contributed by atoms with Crippen LogP contribution in [0, 0.1) is 0 Å². The Kier molecular flexibility index (Phi) is 4.55. The highest BCUT2D eigenvalue weighted by Crippen LogP contribution is 2.47. The fraction of sp³-hybridized carbons (Fsp3) is 0.824. The van der Waals surface area contributed by atoms with Crippen LogP contribution >= 0.6 is 0 Å². The lowest BCUT2D eigenvalue weighted by molar-refractivity contribution is -0.324. The van der Waals surface area contributed by atoms with Gasteiger partial charge in [0.25, 0.3) is 5.67 Å². The zero-order valence-corrected chi connectivity index (χ0v) is 15.9. The Morgan fingerprint density at radius 3 is 2.50 bits per heavy atom. The molecule has 7 heteroatoms. The molecule has 0 aromatic carbocycles. The Bertz CT molecular complexity index is 538. The van der Waals surface area contributed by atoms with E-state index in [4.69, 9.17) is 18.6 Å². The van der Waals surface area contributed by atoms with E-state index in [2.05, 4.69) is 19.6 Å². The standard InChI is InChI=1S/C17H27FO5Si/c1-20-13-10-12(23-24(2,3)4)11-14-17(13,18)15(19)22-16(21-14)8-6-5-7-9-16/h10,13-14H,5-9,11H2,1-4H3/t13-,14+,17+/m0/s1. The van der Waals surface area contributed by atoms with Gasteiger partial charge in [0.05, 0.1) is 5.76 Å². The van der Waals surface area contributed by atoms with Gasteiger partial charge in [-0.15, -0.1) is 0 Å². The summed E-state index contributed by atoms with van der Waals surface area (Å²) in [6.45, 7) is 6.18. The smallest absolute Gasteiger partial charge is 0.352 e. The highest BCUT2D eigenvalue weighted by atomic mass is 28.4. The van der Waals surface area contributed by atoms with Crippen LogP contribution in [0.5, 0.6) is 0 Å². The average molecular weight is 358 g/mol. The molecule has 5 nitrogen and oxygen atoms in total. The number of carbonyl (C=O) groups excluding carboxylic acids is 1. The minimum absolute atomic E-state index is 0.234. The zero-order valence-electron chi connectivity index (χ0n) is 14.9. The first-order chi connectivity index (χ1) is 11.2. The van der Waals surface area contributed by atoms with E-state index in [0.29, 0.717) is 18.6 Å². The minimum atomic E-state index is -2.32. The minimum Gasteiger partial charge on any atom is -0.547 e. The quantitative estimate of drug-likeness (QED) is 0.571. The summed E-state index contributed by atoms with van der Waals surface area (Å²) >= 11 is 0. The summed E-state index contributed by atoms with van der Waals surface area (Å²) in [7, 11) is -0.467. The van der Waals surface area contributed by atoms with Crippen molar-refractivity contribution in [3.05, 3.63) is 11.8 Å². The van der Waals surface area contributed by atoms with E-state index in [9.17, 15) is 4.79 Å². The lowest BCUT2D eigenvalue weighted by Crippen LogP contribution is -2.66. The van der Waals surface area contributed by atoms with Crippen molar-refractivity contribution < 1.29 is 27.8 Å². The summed E-state index contributed by atoms with van der Waals surface area (Å²) in [5, 5.41) is 0. The topological polar surface area (TPSA) is 54.0 Å². The predicted molar refractivity (Wildman–Crippen MR) is 88.5 cm³/mol. The highest BCUT2D eigenvalue weighted by Gasteiger charge is 2.64. The van der Waals surface area contributed by atoms with Gasteiger partial charge in [0.1, 0.15) is 12.2 Å². The molecule has 0 N–H and O–H groups in total. The fourth-order valence-electron chi connectivity index (χ4n) is 3.80. The summed E-state index contributed by atoms with van der Waals surface area (Å²) in [6.07, 6.45) is 3.97. The van der Waals surface area contributed by atoms with E-state index < -0.39 is 38.0 Å². The number of ether oxygens (including phenoxy) is 3. The summed E-state index contributed by atoms with van der Waals surface area (Å²) in [4.78, 5) is 12.6. The molecule has 0 aromatic heterocycles.